The Labute approximate surface area is 91.5 Å². The van der Waals surface area contributed by atoms with Gasteiger partial charge in [-0.3, -0.25) is 0 Å². The van der Waals surface area contributed by atoms with Crippen LogP contribution in [0.15, 0.2) is 0 Å². The van der Waals surface area contributed by atoms with Crippen LogP contribution in [0.5, 0.6) is 0 Å². The molecule has 1 saturated carbocycles. The molecule has 0 aromatic carbocycles. The van der Waals surface area contributed by atoms with Crippen LogP contribution in [-0.2, 0) is 9.84 Å². The number of hydrogen-bond donors (Lipinski definition) is 2. The molecule has 5 heteroatoms. The van der Waals surface area contributed by atoms with E-state index in [4.69, 9.17) is 5.73 Å². The van der Waals surface area contributed by atoms with Gasteiger partial charge in [-0.15, -0.1) is 0 Å². The predicted molar refractivity (Wildman–Crippen MR) is 60.4 cm³/mol. The molecular weight excluding hydrogens is 212 g/mol. The summed E-state index contributed by atoms with van der Waals surface area (Å²) in [6, 6.07) is 0.859. The summed E-state index contributed by atoms with van der Waals surface area (Å²) in [6.45, 7) is 0.844. The number of hydrogen-bond acceptors (Lipinski definition) is 4. The van der Waals surface area contributed by atoms with E-state index in [1.807, 2.05) is 0 Å². The van der Waals surface area contributed by atoms with Crippen molar-refractivity contribution in [2.45, 2.75) is 37.8 Å². The van der Waals surface area contributed by atoms with Gasteiger partial charge in [-0.25, -0.2) is 8.42 Å². The third-order valence-corrected chi connectivity index (χ3v) is 5.33. The lowest BCUT2D eigenvalue weighted by molar-refractivity contribution is 0.450. The van der Waals surface area contributed by atoms with Crippen LogP contribution in [0, 0.1) is 5.92 Å². The molecular formula is C10H20N2O2S. The highest BCUT2D eigenvalue weighted by molar-refractivity contribution is 7.91. The van der Waals surface area contributed by atoms with E-state index in [2.05, 4.69) is 5.32 Å². The highest BCUT2D eigenvalue weighted by Gasteiger charge is 2.29. The number of nitrogens with one attached hydrogen (secondary N) is 1. The third kappa shape index (κ3) is 3.16. The Morgan fingerprint density at radius 2 is 2.07 bits per heavy atom. The summed E-state index contributed by atoms with van der Waals surface area (Å²) in [4.78, 5) is 0. The first-order valence-corrected chi connectivity index (χ1v) is 7.57. The maximum atomic E-state index is 11.2. The van der Waals surface area contributed by atoms with Gasteiger partial charge in [-0.05, 0) is 38.1 Å². The van der Waals surface area contributed by atoms with Crippen molar-refractivity contribution in [2.24, 2.45) is 11.7 Å². The van der Waals surface area contributed by atoms with Crippen molar-refractivity contribution in [1.82, 2.24) is 5.32 Å². The molecule has 3 atom stereocenters. The SMILES string of the molecule is NC1CCC(NCC2CCS(=O)(=O)C2)C1. The second kappa shape index (κ2) is 4.39. The minimum Gasteiger partial charge on any atom is -0.328 e. The highest BCUT2D eigenvalue weighted by Crippen LogP contribution is 2.20. The van der Waals surface area contributed by atoms with Gasteiger partial charge >= 0.3 is 0 Å². The number of sulfone groups is 1. The molecule has 1 saturated heterocycles. The standard InChI is InChI=1S/C10H20N2O2S/c11-9-1-2-10(5-9)12-6-8-3-4-15(13,14)7-8/h8-10,12H,1-7,11H2. The maximum Gasteiger partial charge on any atom is 0.150 e. The zero-order chi connectivity index (χ0) is 10.9. The van der Waals surface area contributed by atoms with Crippen molar-refractivity contribution in [3.05, 3.63) is 0 Å². The monoisotopic (exact) mass is 232 g/mol. The molecule has 2 aliphatic rings. The lowest BCUT2D eigenvalue weighted by Crippen LogP contribution is -2.33. The molecule has 0 radical (unpaired) electrons. The molecule has 2 fully saturated rings. The fourth-order valence-electron chi connectivity index (χ4n) is 2.57. The van der Waals surface area contributed by atoms with Crippen LogP contribution in [0.25, 0.3) is 0 Å². The molecule has 0 amide bonds. The third-order valence-electron chi connectivity index (χ3n) is 3.50. The van der Waals surface area contributed by atoms with Gasteiger partial charge in [0.15, 0.2) is 9.84 Å². The molecule has 3 unspecified atom stereocenters. The van der Waals surface area contributed by atoms with Crippen molar-refractivity contribution >= 4 is 9.84 Å². The second-order valence-electron chi connectivity index (χ2n) is 4.95. The topological polar surface area (TPSA) is 72.2 Å². The van der Waals surface area contributed by atoms with Gasteiger partial charge in [0.1, 0.15) is 0 Å². The Balaban J connectivity index is 1.71. The molecule has 15 heavy (non-hydrogen) atoms. The van der Waals surface area contributed by atoms with Crippen LogP contribution in [0.2, 0.25) is 0 Å². The van der Waals surface area contributed by atoms with Gasteiger partial charge in [0.05, 0.1) is 11.5 Å². The number of rotatable bonds is 3. The molecule has 0 aromatic rings. The molecule has 0 bridgehead atoms. The first kappa shape index (κ1) is 11.4. The van der Waals surface area contributed by atoms with Crippen LogP contribution in [0.3, 0.4) is 0 Å². The van der Waals surface area contributed by atoms with Crippen molar-refractivity contribution in [2.75, 3.05) is 18.1 Å². The van der Waals surface area contributed by atoms with Crippen LogP contribution in [-0.4, -0.2) is 38.6 Å². The van der Waals surface area contributed by atoms with E-state index >= 15 is 0 Å². The van der Waals surface area contributed by atoms with E-state index in [0.29, 0.717) is 29.5 Å². The normalized spacial score (nSPS) is 39.7. The fourth-order valence-corrected chi connectivity index (χ4v) is 4.43. The first-order chi connectivity index (χ1) is 7.05. The summed E-state index contributed by atoms with van der Waals surface area (Å²) in [5, 5.41) is 3.45. The van der Waals surface area contributed by atoms with Gasteiger partial charge in [0.2, 0.25) is 0 Å². The van der Waals surface area contributed by atoms with Gasteiger partial charge < -0.3 is 11.1 Å². The summed E-state index contributed by atoms with van der Waals surface area (Å²) < 4.78 is 22.5. The Morgan fingerprint density at radius 3 is 2.60 bits per heavy atom. The van der Waals surface area contributed by atoms with Gasteiger partial charge in [-0.1, -0.05) is 0 Å². The zero-order valence-electron chi connectivity index (χ0n) is 8.98. The zero-order valence-corrected chi connectivity index (χ0v) is 9.80. The molecule has 0 spiro atoms. The molecule has 0 aromatic heterocycles. The predicted octanol–water partition coefficient (Wildman–Crippen LogP) is -0.110. The van der Waals surface area contributed by atoms with E-state index in [1.165, 1.54) is 0 Å². The van der Waals surface area contributed by atoms with E-state index < -0.39 is 9.84 Å². The van der Waals surface area contributed by atoms with Crippen LogP contribution in [0.4, 0.5) is 0 Å². The smallest absolute Gasteiger partial charge is 0.150 e. The highest BCUT2D eigenvalue weighted by atomic mass is 32.2. The quantitative estimate of drug-likeness (QED) is 0.712. The van der Waals surface area contributed by atoms with E-state index in [-0.39, 0.29) is 0 Å². The Kier molecular flexibility index (Phi) is 3.33. The average molecular weight is 232 g/mol. The van der Waals surface area contributed by atoms with Crippen LogP contribution >= 0.6 is 0 Å². The van der Waals surface area contributed by atoms with Crippen molar-refractivity contribution in [3.8, 4) is 0 Å². The summed E-state index contributed by atoms with van der Waals surface area (Å²) in [7, 11) is -2.72. The summed E-state index contributed by atoms with van der Waals surface area (Å²) >= 11 is 0. The molecule has 4 nitrogen and oxygen atoms in total. The molecule has 1 heterocycles. The van der Waals surface area contributed by atoms with Crippen LogP contribution in [0.1, 0.15) is 25.7 Å². The Bertz CT molecular complexity index is 315. The average Bonchev–Trinajstić information content (AvgIpc) is 2.69. The largest absolute Gasteiger partial charge is 0.328 e. The Morgan fingerprint density at radius 1 is 1.27 bits per heavy atom. The van der Waals surface area contributed by atoms with Gasteiger partial charge in [0, 0.05) is 12.1 Å². The minimum absolute atomic E-state index is 0.326. The summed E-state index contributed by atoms with van der Waals surface area (Å²) in [5.41, 5.74) is 5.82. The fraction of sp³-hybridized carbons (Fsp3) is 1.00. The molecule has 3 N–H and O–H groups in total. The Hall–Kier alpha value is -0.130. The van der Waals surface area contributed by atoms with Crippen molar-refractivity contribution < 1.29 is 8.42 Å². The van der Waals surface area contributed by atoms with Gasteiger partial charge in [0.25, 0.3) is 0 Å². The number of nitrogens with two attached hydrogens (primary N) is 1. The summed E-state index contributed by atoms with van der Waals surface area (Å²) in [5.74, 6) is 1.08. The lowest BCUT2D eigenvalue weighted by atomic mass is 10.1. The summed E-state index contributed by atoms with van der Waals surface area (Å²) in [6.07, 6.45) is 4.11. The van der Waals surface area contributed by atoms with E-state index in [0.717, 1.165) is 32.2 Å². The molecule has 1 aliphatic heterocycles. The van der Waals surface area contributed by atoms with Crippen molar-refractivity contribution in [1.29, 1.82) is 0 Å². The van der Waals surface area contributed by atoms with E-state index in [1.54, 1.807) is 0 Å². The lowest BCUT2D eigenvalue weighted by Gasteiger charge is -2.15. The van der Waals surface area contributed by atoms with Crippen molar-refractivity contribution in [3.63, 3.8) is 0 Å². The molecule has 2 rings (SSSR count). The van der Waals surface area contributed by atoms with E-state index in [9.17, 15) is 8.42 Å². The maximum absolute atomic E-state index is 11.2. The first-order valence-electron chi connectivity index (χ1n) is 5.74. The minimum atomic E-state index is -2.72. The second-order valence-corrected chi connectivity index (χ2v) is 7.18. The van der Waals surface area contributed by atoms with Gasteiger partial charge in [-0.2, -0.15) is 0 Å². The van der Waals surface area contributed by atoms with Crippen LogP contribution < -0.4 is 11.1 Å². The molecule has 1 aliphatic carbocycles. The molecule has 88 valence electrons.